The molecule has 0 aliphatic carbocycles. The van der Waals surface area contributed by atoms with Crippen LogP contribution in [-0.4, -0.2) is 37.9 Å². The summed E-state index contributed by atoms with van der Waals surface area (Å²) >= 11 is 0. The van der Waals surface area contributed by atoms with Crippen LogP contribution < -0.4 is 15.9 Å². The van der Waals surface area contributed by atoms with E-state index in [0.29, 0.717) is 6.54 Å². The number of aromatic amines is 2. The minimum atomic E-state index is 0.143. The van der Waals surface area contributed by atoms with Crippen molar-refractivity contribution in [1.82, 2.24) is 30.5 Å². The van der Waals surface area contributed by atoms with E-state index in [-0.39, 0.29) is 5.41 Å². The van der Waals surface area contributed by atoms with Crippen molar-refractivity contribution in [2.45, 2.75) is 34.1 Å². The predicted octanol–water partition coefficient (Wildman–Crippen LogP) is 5.59. The van der Waals surface area contributed by atoms with Crippen LogP contribution in [0, 0.1) is 5.41 Å². The van der Waals surface area contributed by atoms with E-state index in [4.69, 9.17) is 0 Å². The number of hydrogen-bond donors (Lipinski definition) is 3. The molecule has 0 bridgehead atoms. The molecule has 40 heavy (non-hydrogen) atoms. The molecule has 1 aliphatic heterocycles. The van der Waals surface area contributed by atoms with E-state index in [1.807, 2.05) is 49.8 Å². The fourth-order valence-electron chi connectivity index (χ4n) is 4.84. The highest BCUT2D eigenvalue weighted by atomic mass is 15.1. The molecule has 0 atom stereocenters. The summed E-state index contributed by atoms with van der Waals surface area (Å²) in [6.45, 7) is 17.8. The van der Waals surface area contributed by atoms with Crippen molar-refractivity contribution in [2.24, 2.45) is 10.4 Å². The summed E-state index contributed by atoms with van der Waals surface area (Å²) in [6.07, 6.45) is 16.4. The molecule has 0 radical (unpaired) electrons. The molecule has 5 heterocycles. The van der Waals surface area contributed by atoms with Gasteiger partial charge in [0.2, 0.25) is 0 Å². The lowest BCUT2D eigenvalue weighted by molar-refractivity contribution is 0.403. The smallest absolute Gasteiger partial charge is 0.116 e. The van der Waals surface area contributed by atoms with Gasteiger partial charge in [-0.25, -0.2) is 0 Å². The number of nitrogens with zero attached hydrogens (tertiary/aromatic N) is 4. The predicted molar refractivity (Wildman–Crippen MR) is 166 cm³/mol. The Morgan fingerprint density at radius 2 is 2.02 bits per heavy atom. The van der Waals surface area contributed by atoms with Crippen molar-refractivity contribution >= 4 is 29.3 Å². The standard InChI is InChI=1S/C33H35N7/c1-7-28-26(14-21(2)23-11-13-34-18-24(15-23)37-22(3)17-33(4,5)6)32(40-39-28)30-16-25-27(19-35-20-31(25)38-30)29-10-8-9-12-36-29/h7-12,14-16,18-20,37-39H,2-3,13,17H2,1,4-6H3/b26-14+,28-7+. The van der Waals surface area contributed by atoms with Crippen molar-refractivity contribution in [1.29, 1.82) is 0 Å². The highest BCUT2D eigenvalue weighted by Gasteiger charge is 2.15. The zero-order chi connectivity index (χ0) is 28.3. The zero-order valence-electron chi connectivity index (χ0n) is 23.5. The molecule has 0 fully saturated rings. The van der Waals surface area contributed by atoms with Gasteiger partial charge in [-0.05, 0) is 60.3 Å². The number of fused-ring (bicyclic) bond motifs is 1. The average molecular weight is 530 g/mol. The molecule has 7 heteroatoms. The first kappa shape index (κ1) is 26.8. The number of hydrogen-bond acceptors (Lipinski definition) is 5. The van der Waals surface area contributed by atoms with E-state index in [9.17, 15) is 0 Å². The van der Waals surface area contributed by atoms with E-state index >= 15 is 0 Å². The fraction of sp³-hybridized carbons (Fsp3) is 0.212. The van der Waals surface area contributed by atoms with Crippen LogP contribution in [0.3, 0.4) is 0 Å². The van der Waals surface area contributed by atoms with Gasteiger partial charge >= 0.3 is 0 Å². The SMILES string of the molecule is C=C(CC(C)(C)C)NC1=CC(C(=C)/C=c2/c(-c3cc4c(-c5ccccn5)cncc4[nH]3)n[nH]/c2=C/C)=CCN=C1. The topological polar surface area (TPSA) is 94.6 Å². The summed E-state index contributed by atoms with van der Waals surface area (Å²) in [7, 11) is 0. The summed E-state index contributed by atoms with van der Waals surface area (Å²) in [5.74, 6) is 0. The molecule has 4 aromatic rings. The molecule has 7 nitrogen and oxygen atoms in total. The van der Waals surface area contributed by atoms with Crippen LogP contribution in [0.1, 0.15) is 34.1 Å². The second-order valence-electron chi connectivity index (χ2n) is 11.1. The van der Waals surface area contributed by atoms with Gasteiger partial charge in [-0.15, -0.1) is 0 Å². The number of aromatic nitrogens is 5. The Labute approximate surface area is 234 Å². The largest absolute Gasteiger partial charge is 0.358 e. The van der Waals surface area contributed by atoms with Gasteiger partial charge < -0.3 is 10.3 Å². The third kappa shape index (κ3) is 5.94. The van der Waals surface area contributed by atoms with Crippen LogP contribution in [0.15, 0.2) is 95.7 Å². The molecule has 4 aromatic heterocycles. The van der Waals surface area contributed by atoms with Crippen molar-refractivity contribution in [3.05, 3.63) is 101 Å². The van der Waals surface area contributed by atoms with E-state index in [2.05, 4.69) is 93.7 Å². The number of pyridine rings is 2. The van der Waals surface area contributed by atoms with Crippen molar-refractivity contribution < 1.29 is 0 Å². The molecule has 0 saturated carbocycles. The Bertz CT molecular complexity index is 1790. The first-order valence-electron chi connectivity index (χ1n) is 13.4. The lowest BCUT2D eigenvalue weighted by Crippen LogP contribution is -2.23. The number of nitrogens with one attached hydrogen (secondary N) is 3. The van der Waals surface area contributed by atoms with E-state index in [1.165, 1.54) is 0 Å². The molecule has 5 rings (SSSR count). The zero-order valence-corrected chi connectivity index (χ0v) is 23.5. The van der Waals surface area contributed by atoms with Crippen molar-refractivity contribution in [2.75, 3.05) is 6.54 Å². The van der Waals surface area contributed by atoms with Crippen molar-refractivity contribution in [3.63, 3.8) is 0 Å². The van der Waals surface area contributed by atoms with Crippen LogP contribution in [0.25, 0.3) is 45.7 Å². The maximum Gasteiger partial charge on any atom is 0.116 e. The number of H-pyrrole nitrogens is 2. The summed E-state index contributed by atoms with van der Waals surface area (Å²) in [4.78, 5) is 17.0. The molecule has 1 aliphatic rings. The average Bonchev–Trinajstić information content (AvgIpc) is 3.45. The first-order chi connectivity index (χ1) is 19.2. The van der Waals surface area contributed by atoms with Crippen LogP contribution >= 0.6 is 0 Å². The lowest BCUT2D eigenvalue weighted by atomic mass is 9.91. The molecule has 0 saturated heterocycles. The van der Waals surface area contributed by atoms with E-state index < -0.39 is 0 Å². The number of allylic oxidation sites excluding steroid dienone is 5. The van der Waals surface area contributed by atoms with Crippen LogP contribution in [0.4, 0.5) is 0 Å². The van der Waals surface area contributed by atoms with Gasteiger partial charge in [-0.3, -0.25) is 20.1 Å². The highest BCUT2D eigenvalue weighted by Crippen LogP contribution is 2.29. The van der Waals surface area contributed by atoms with Gasteiger partial charge in [0.1, 0.15) is 5.69 Å². The van der Waals surface area contributed by atoms with Crippen LogP contribution in [0.5, 0.6) is 0 Å². The second kappa shape index (κ2) is 11.1. The van der Waals surface area contributed by atoms with Gasteiger partial charge in [0.25, 0.3) is 0 Å². The number of rotatable bonds is 7. The van der Waals surface area contributed by atoms with E-state index in [1.54, 1.807) is 6.20 Å². The minimum absolute atomic E-state index is 0.143. The summed E-state index contributed by atoms with van der Waals surface area (Å²) in [5.41, 5.74) is 8.32. The molecule has 0 amide bonds. The molecule has 0 aromatic carbocycles. The molecule has 202 valence electrons. The van der Waals surface area contributed by atoms with Gasteiger partial charge in [-0.1, -0.05) is 52.1 Å². The molecule has 0 spiro atoms. The van der Waals surface area contributed by atoms with E-state index in [0.717, 1.165) is 73.1 Å². The maximum atomic E-state index is 4.68. The van der Waals surface area contributed by atoms with Gasteiger partial charge in [0.05, 0.1) is 40.7 Å². The van der Waals surface area contributed by atoms with Crippen LogP contribution in [-0.2, 0) is 0 Å². The number of aliphatic imine (C=N–C) groups is 1. The Balaban J connectivity index is 1.51. The fourth-order valence-corrected chi connectivity index (χ4v) is 4.84. The summed E-state index contributed by atoms with van der Waals surface area (Å²) < 4.78 is 0. The van der Waals surface area contributed by atoms with Crippen LogP contribution in [0.2, 0.25) is 0 Å². The molecular weight excluding hydrogens is 494 g/mol. The quantitative estimate of drug-likeness (QED) is 0.291. The summed E-state index contributed by atoms with van der Waals surface area (Å²) in [6, 6.07) is 7.99. The Hall–Kier alpha value is -4.78. The Morgan fingerprint density at radius 3 is 2.77 bits per heavy atom. The lowest BCUT2D eigenvalue weighted by Gasteiger charge is -2.21. The Kier molecular flexibility index (Phi) is 7.47. The minimum Gasteiger partial charge on any atom is -0.358 e. The molecule has 3 N–H and O–H groups in total. The Morgan fingerprint density at radius 1 is 1.18 bits per heavy atom. The van der Waals surface area contributed by atoms with Gasteiger partial charge in [-0.2, -0.15) is 5.10 Å². The third-order valence-corrected chi connectivity index (χ3v) is 6.58. The molecular formula is C33H35N7. The highest BCUT2D eigenvalue weighted by molar-refractivity contribution is 5.96. The molecule has 0 unspecified atom stereocenters. The van der Waals surface area contributed by atoms with Gasteiger partial charge in [0.15, 0.2) is 0 Å². The first-order valence-corrected chi connectivity index (χ1v) is 13.4. The summed E-state index contributed by atoms with van der Waals surface area (Å²) in [5, 5.41) is 14.2. The monoisotopic (exact) mass is 529 g/mol. The van der Waals surface area contributed by atoms with Crippen molar-refractivity contribution in [3.8, 4) is 22.6 Å². The van der Waals surface area contributed by atoms with Gasteiger partial charge in [0, 0.05) is 40.5 Å². The normalized spacial score (nSPS) is 14.7. The third-order valence-electron chi connectivity index (χ3n) is 6.58. The second-order valence-corrected chi connectivity index (χ2v) is 11.1. The maximum absolute atomic E-state index is 4.68.